The molecule has 1 aromatic rings. The standard InChI is InChI=1S/C16H23N5O4/c22-16(23)11-6-8-20(9-7-11)15-13(21(24)25)14(17-10-18-15)19-12-4-2-1-3-5-12/h10-12H,1-9H2,(H,22,23)(H,17,18,19). The van der Waals surface area contributed by atoms with Crippen molar-refractivity contribution in [3.05, 3.63) is 16.4 Å². The number of rotatable bonds is 5. The highest BCUT2D eigenvalue weighted by atomic mass is 16.6. The summed E-state index contributed by atoms with van der Waals surface area (Å²) in [6, 6.07) is 0.202. The van der Waals surface area contributed by atoms with Gasteiger partial charge in [-0.3, -0.25) is 14.9 Å². The van der Waals surface area contributed by atoms with E-state index in [9.17, 15) is 14.9 Å². The van der Waals surface area contributed by atoms with Gasteiger partial charge in [0.15, 0.2) is 0 Å². The van der Waals surface area contributed by atoms with E-state index in [-0.39, 0.29) is 23.4 Å². The van der Waals surface area contributed by atoms with E-state index < -0.39 is 16.8 Å². The smallest absolute Gasteiger partial charge is 0.353 e. The Morgan fingerprint density at radius 2 is 1.88 bits per heavy atom. The number of carbonyl (C=O) groups is 1. The fraction of sp³-hybridized carbons (Fsp3) is 0.688. The summed E-state index contributed by atoms with van der Waals surface area (Å²) < 4.78 is 0. The first-order valence-electron chi connectivity index (χ1n) is 8.80. The summed E-state index contributed by atoms with van der Waals surface area (Å²) in [7, 11) is 0. The van der Waals surface area contributed by atoms with Crippen molar-refractivity contribution in [3.63, 3.8) is 0 Å². The highest BCUT2D eigenvalue weighted by Gasteiger charge is 2.32. The van der Waals surface area contributed by atoms with Crippen molar-refractivity contribution in [2.75, 3.05) is 23.3 Å². The fourth-order valence-electron chi connectivity index (χ4n) is 3.65. The quantitative estimate of drug-likeness (QED) is 0.614. The van der Waals surface area contributed by atoms with Gasteiger partial charge in [0.05, 0.1) is 10.8 Å². The molecule has 2 aliphatic rings. The van der Waals surface area contributed by atoms with Crippen LogP contribution in [0.2, 0.25) is 0 Å². The fourth-order valence-corrected chi connectivity index (χ4v) is 3.65. The largest absolute Gasteiger partial charge is 0.481 e. The summed E-state index contributed by atoms with van der Waals surface area (Å²) in [5.41, 5.74) is -0.109. The molecule has 2 heterocycles. The van der Waals surface area contributed by atoms with E-state index >= 15 is 0 Å². The molecule has 1 aromatic heterocycles. The van der Waals surface area contributed by atoms with Crippen LogP contribution in [0, 0.1) is 16.0 Å². The molecule has 136 valence electrons. The first-order chi connectivity index (χ1) is 12.1. The van der Waals surface area contributed by atoms with E-state index in [0.29, 0.717) is 25.9 Å². The molecule has 0 spiro atoms. The number of hydrogen-bond donors (Lipinski definition) is 2. The van der Waals surface area contributed by atoms with E-state index in [2.05, 4.69) is 15.3 Å². The van der Waals surface area contributed by atoms with Crippen LogP contribution in [0.3, 0.4) is 0 Å². The Labute approximate surface area is 145 Å². The number of aromatic nitrogens is 2. The number of nitrogens with zero attached hydrogens (tertiary/aromatic N) is 4. The maximum atomic E-state index is 11.7. The van der Waals surface area contributed by atoms with E-state index in [1.807, 2.05) is 0 Å². The number of carboxylic acids is 1. The Kier molecular flexibility index (Phi) is 5.30. The molecule has 2 N–H and O–H groups in total. The average molecular weight is 349 g/mol. The van der Waals surface area contributed by atoms with E-state index in [1.54, 1.807) is 4.90 Å². The van der Waals surface area contributed by atoms with Crippen molar-refractivity contribution in [2.24, 2.45) is 5.92 Å². The molecule has 25 heavy (non-hydrogen) atoms. The molecule has 1 saturated heterocycles. The number of nitro groups is 1. The molecule has 0 unspecified atom stereocenters. The van der Waals surface area contributed by atoms with Gasteiger partial charge in [-0.2, -0.15) is 0 Å². The molecule has 0 bridgehead atoms. The topological polar surface area (TPSA) is 121 Å². The number of anilines is 2. The van der Waals surface area contributed by atoms with Crippen molar-refractivity contribution in [1.82, 2.24) is 9.97 Å². The van der Waals surface area contributed by atoms with E-state index in [0.717, 1.165) is 25.7 Å². The summed E-state index contributed by atoms with van der Waals surface area (Å²) in [6.07, 6.45) is 7.67. The molecule has 1 saturated carbocycles. The van der Waals surface area contributed by atoms with Crippen LogP contribution in [0.25, 0.3) is 0 Å². The van der Waals surface area contributed by atoms with Gasteiger partial charge in [-0.15, -0.1) is 0 Å². The van der Waals surface area contributed by atoms with Crippen LogP contribution in [0.1, 0.15) is 44.9 Å². The number of piperidine rings is 1. The number of nitrogens with one attached hydrogen (secondary N) is 1. The van der Waals surface area contributed by atoms with Gasteiger partial charge < -0.3 is 15.3 Å². The van der Waals surface area contributed by atoms with Crippen molar-refractivity contribution in [3.8, 4) is 0 Å². The number of carboxylic acid groups (broad SMARTS) is 1. The molecule has 0 atom stereocenters. The zero-order valence-corrected chi connectivity index (χ0v) is 14.1. The molecule has 2 fully saturated rings. The van der Waals surface area contributed by atoms with Gasteiger partial charge in [-0.05, 0) is 25.7 Å². The Bertz CT molecular complexity index is 639. The van der Waals surface area contributed by atoms with Crippen molar-refractivity contribution >= 4 is 23.3 Å². The Hall–Kier alpha value is -2.45. The van der Waals surface area contributed by atoms with Gasteiger partial charge in [-0.1, -0.05) is 19.3 Å². The molecule has 9 nitrogen and oxygen atoms in total. The second-order valence-corrected chi connectivity index (χ2v) is 6.73. The third-order valence-corrected chi connectivity index (χ3v) is 5.08. The highest BCUT2D eigenvalue weighted by Crippen LogP contribution is 2.35. The SMILES string of the molecule is O=C(O)C1CCN(c2ncnc(NC3CCCCC3)c2[N+](=O)[O-])CC1. The van der Waals surface area contributed by atoms with Gasteiger partial charge in [0.1, 0.15) is 6.33 Å². The van der Waals surface area contributed by atoms with Crippen LogP contribution in [-0.4, -0.2) is 45.1 Å². The second kappa shape index (κ2) is 7.62. The van der Waals surface area contributed by atoms with Gasteiger partial charge in [0.25, 0.3) is 0 Å². The van der Waals surface area contributed by atoms with Crippen molar-refractivity contribution < 1.29 is 14.8 Å². The molecule has 1 aliphatic carbocycles. The monoisotopic (exact) mass is 349 g/mol. The second-order valence-electron chi connectivity index (χ2n) is 6.73. The van der Waals surface area contributed by atoms with Crippen LogP contribution in [0.15, 0.2) is 6.33 Å². The molecular weight excluding hydrogens is 326 g/mol. The van der Waals surface area contributed by atoms with Crippen molar-refractivity contribution in [2.45, 2.75) is 51.0 Å². The van der Waals surface area contributed by atoms with Crippen LogP contribution in [0.4, 0.5) is 17.3 Å². The molecule has 0 amide bonds. The third kappa shape index (κ3) is 3.97. The van der Waals surface area contributed by atoms with Crippen LogP contribution in [0.5, 0.6) is 0 Å². The lowest BCUT2D eigenvalue weighted by molar-refractivity contribution is -0.383. The van der Waals surface area contributed by atoms with E-state index in [1.165, 1.54) is 12.7 Å². The van der Waals surface area contributed by atoms with Gasteiger partial charge >= 0.3 is 11.7 Å². The first-order valence-corrected chi connectivity index (χ1v) is 8.80. The Balaban J connectivity index is 1.80. The predicted octanol–water partition coefficient (Wildman–Crippen LogP) is 2.43. The van der Waals surface area contributed by atoms with Gasteiger partial charge in [0, 0.05) is 19.1 Å². The minimum Gasteiger partial charge on any atom is -0.481 e. The van der Waals surface area contributed by atoms with Crippen LogP contribution >= 0.6 is 0 Å². The molecule has 0 aromatic carbocycles. The molecule has 9 heteroatoms. The normalized spacial score (nSPS) is 19.6. The summed E-state index contributed by atoms with van der Waals surface area (Å²) in [6.45, 7) is 0.884. The summed E-state index contributed by atoms with van der Waals surface area (Å²) in [5, 5.41) is 24.0. The lowest BCUT2D eigenvalue weighted by Gasteiger charge is -2.31. The Morgan fingerprint density at radius 3 is 2.48 bits per heavy atom. The average Bonchev–Trinajstić information content (AvgIpc) is 2.62. The number of aliphatic carboxylic acids is 1. The van der Waals surface area contributed by atoms with Crippen molar-refractivity contribution in [1.29, 1.82) is 0 Å². The zero-order valence-electron chi connectivity index (χ0n) is 14.1. The maximum Gasteiger partial charge on any atom is 0.353 e. The molecule has 0 radical (unpaired) electrons. The van der Waals surface area contributed by atoms with E-state index in [4.69, 9.17) is 5.11 Å². The zero-order chi connectivity index (χ0) is 17.8. The molecule has 3 rings (SSSR count). The van der Waals surface area contributed by atoms with Gasteiger partial charge in [0.2, 0.25) is 11.6 Å². The third-order valence-electron chi connectivity index (χ3n) is 5.08. The highest BCUT2D eigenvalue weighted by molar-refractivity contribution is 5.72. The molecular formula is C16H23N5O4. The minimum absolute atomic E-state index is 0.109. The summed E-state index contributed by atoms with van der Waals surface area (Å²) in [5.74, 6) is -0.655. The van der Waals surface area contributed by atoms with Crippen LogP contribution < -0.4 is 10.2 Å². The first kappa shape index (κ1) is 17.4. The number of hydrogen-bond acceptors (Lipinski definition) is 7. The predicted molar refractivity (Wildman–Crippen MR) is 91.8 cm³/mol. The lowest BCUT2D eigenvalue weighted by Crippen LogP contribution is -2.37. The maximum absolute atomic E-state index is 11.7. The lowest BCUT2D eigenvalue weighted by atomic mass is 9.95. The van der Waals surface area contributed by atoms with Crippen LogP contribution in [-0.2, 0) is 4.79 Å². The molecule has 1 aliphatic heterocycles. The summed E-state index contributed by atoms with van der Waals surface area (Å²) in [4.78, 5) is 32.3. The minimum atomic E-state index is -0.809. The van der Waals surface area contributed by atoms with Gasteiger partial charge in [-0.25, -0.2) is 9.97 Å². The Morgan fingerprint density at radius 1 is 1.20 bits per heavy atom. The summed E-state index contributed by atoms with van der Waals surface area (Å²) >= 11 is 0.